The molecule has 1 aliphatic heterocycles. The van der Waals surface area contributed by atoms with E-state index >= 15 is 0 Å². The summed E-state index contributed by atoms with van der Waals surface area (Å²) >= 11 is 0. The maximum atomic E-state index is 12.4. The lowest BCUT2D eigenvalue weighted by Gasteiger charge is -2.32. The summed E-state index contributed by atoms with van der Waals surface area (Å²) in [6.07, 6.45) is 2.50. The maximum Gasteiger partial charge on any atom is 0.494 e. The third-order valence-electron chi connectivity index (χ3n) is 5.78. The highest BCUT2D eigenvalue weighted by Gasteiger charge is 2.52. The molecule has 0 atom stereocenters. The Morgan fingerprint density at radius 3 is 2.19 bits per heavy atom. The fourth-order valence-electron chi connectivity index (χ4n) is 3.37. The van der Waals surface area contributed by atoms with Crippen LogP contribution < -0.4 is 10.8 Å². The second-order valence-corrected chi connectivity index (χ2v) is 10.1. The Labute approximate surface area is 158 Å². The van der Waals surface area contributed by atoms with Crippen LogP contribution in [0.15, 0.2) is 24.3 Å². The summed E-state index contributed by atoms with van der Waals surface area (Å²) in [6, 6.07) is 8.30. The second-order valence-electron chi connectivity index (χ2n) is 10.1. The van der Waals surface area contributed by atoms with Gasteiger partial charge in [0.2, 0.25) is 5.91 Å². The second kappa shape index (κ2) is 6.10. The molecule has 1 saturated heterocycles. The molecule has 0 radical (unpaired) electrons. The van der Waals surface area contributed by atoms with E-state index in [0.29, 0.717) is 6.42 Å². The summed E-state index contributed by atoms with van der Waals surface area (Å²) in [7, 11) is -0.374. The van der Waals surface area contributed by atoms with Crippen molar-refractivity contribution in [3.05, 3.63) is 29.8 Å². The standard InChI is InChI=1S/C21H32BNO3/c1-18(2,3)14-17(24)23-21(11-12-21)15-9-8-10-16(13-15)22-25-19(4,5)20(6,7)26-22/h8-10,13H,11-12,14H2,1-7H3,(H,23,24). The van der Waals surface area contributed by atoms with Crippen LogP contribution in [-0.4, -0.2) is 24.2 Å². The van der Waals surface area contributed by atoms with Crippen molar-refractivity contribution in [3.8, 4) is 0 Å². The quantitative estimate of drug-likeness (QED) is 0.839. The van der Waals surface area contributed by atoms with Gasteiger partial charge in [-0.05, 0) is 57.0 Å². The van der Waals surface area contributed by atoms with Crippen LogP contribution in [0.25, 0.3) is 0 Å². The van der Waals surface area contributed by atoms with Gasteiger partial charge in [0.05, 0.1) is 16.7 Å². The third-order valence-corrected chi connectivity index (χ3v) is 5.78. The minimum atomic E-state index is -0.374. The monoisotopic (exact) mass is 357 g/mol. The Kier molecular flexibility index (Phi) is 4.56. The van der Waals surface area contributed by atoms with Crippen molar-refractivity contribution in [1.29, 1.82) is 0 Å². The molecule has 0 unspecified atom stereocenters. The molecule has 1 aliphatic carbocycles. The van der Waals surface area contributed by atoms with Gasteiger partial charge in [-0.1, -0.05) is 45.0 Å². The number of hydrogen-bond donors (Lipinski definition) is 1. The molecule has 4 nitrogen and oxygen atoms in total. The van der Waals surface area contributed by atoms with Crippen molar-refractivity contribution < 1.29 is 14.1 Å². The Hall–Kier alpha value is -1.33. The summed E-state index contributed by atoms with van der Waals surface area (Å²) in [5, 5.41) is 3.27. The lowest BCUT2D eigenvalue weighted by Crippen LogP contribution is -2.41. The topological polar surface area (TPSA) is 47.6 Å². The first-order valence-electron chi connectivity index (χ1n) is 9.61. The molecule has 5 heteroatoms. The molecule has 2 fully saturated rings. The summed E-state index contributed by atoms with van der Waals surface area (Å²) in [4.78, 5) is 12.4. The van der Waals surface area contributed by atoms with Crippen LogP contribution >= 0.6 is 0 Å². The van der Waals surface area contributed by atoms with E-state index in [1.54, 1.807) is 0 Å². The van der Waals surface area contributed by atoms with Crippen molar-refractivity contribution in [3.63, 3.8) is 0 Å². The number of amides is 1. The van der Waals surface area contributed by atoms with E-state index in [-0.39, 0.29) is 35.2 Å². The molecule has 1 N–H and O–H groups in total. The number of hydrogen-bond acceptors (Lipinski definition) is 3. The number of carbonyl (C=O) groups is 1. The number of rotatable bonds is 4. The predicted molar refractivity (Wildman–Crippen MR) is 105 cm³/mol. The number of nitrogens with one attached hydrogen (secondary N) is 1. The van der Waals surface area contributed by atoms with Crippen molar-refractivity contribution in [2.24, 2.45) is 5.41 Å². The molecule has 142 valence electrons. The minimum Gasteiger partial charge on any atom is -0.399 e. The van der Waals surface area contributed by atoms with Crippen LogP contribution in [0, 0.1) is 5.41 Å². The summed E-state index contributed by atoms with van der Waals surface area (Å²) < 4.78 is 12.4. The molecule has 2 aliphatic rings. The lowest BCUT2D eigenvalue weighted by atomic mass is 9.77. The van der Waals surface area contributed by atoms with Gasteiger partial charge in [-0.15, -0.1) is 0 Å². The van der Waals surface area contributed by atoms with Crippen molar-refractivity contribution in [1.82, 2.24) is 5.32 Å². The molecule has 1 heterocycles. The Morgan fingerprint density at radius 2 is 1.69 bits per heavy atom. The van der Waals surface area contributed by atoms with E-state index in [4.69, 9.17) is 9.31 Å². The molecule has 1 aromatic carbocycles. The first kappa shape index (κ1) is 19.4. The molecule has 26 heavy (non-hydrogen) atoms. The van der Waals surface area contributed by atoms with E-state index < -0.39 is 0 Å². The van der Waals surface area contributed by atoms with Gasteiger partial charge in [-0.25, -0.2) is 0 Å². The zero-order chi connectivity index (χ0) is 19.4. The van der Waals surface area contributed by atoms with Gasteiger partial charge in [0.1, 0.15) is 0 Å². The Bertz CT molecular complexity index is 685. The summed E-state index contributed by atoms with van der Waals surface area (Å²) in [6.45, 7) is 14.5. The molecule has 0 spiro atoms. The normalized spacial score (nSPS) is 23.0. The largest absolute Gasteiger partial charge is 0.494 e. The van der Waals surface area contributed by atoms with Gasteiger partial charge >= 0.3 is 7.12 Å². The van der Waals surface area contributed by atoms with Crippen molar-refractivity contribution in [2.75, 3.05) is 0 Å². The van der Waals surface area contributed by atoms with Gasteiger partial charge in [0.25, 0.3) is 0 Å². The lowest BCUT2D eigenvalue weighted by molar-refractivity contribution is -0.123. The number of benzene rings is 1. The first-order chi connectivity index (χ1) is 11.8. The van der Waals surface area contributed by atoms with Crippen LogP contribution in [0.2, 0.25) is 0 Å². The maximum absolute atomic E-state index is 12.4. The third kappa shape index (κ3) is 3.84. The molecular weight excluding hydrogens is 325 g/mol. The predicted octanol–water partition coefficient (Wildman–Crippen LogP) is 3.53. The fourth-order valence-corrected chi connectivity index (χ4v) is 3.37. The van der Waals surface area contributed by atoms with E-state index in [9.17, 15) is 4.79 Å². The molecule has 0 bridgehead atoms. The average molecular weight is 357 g/mol. The van der Waals surface area contributed by atoms with Crippen LogP contribution in [0.5, 0.6) is 0 Å². The molecule has 0 aromatic heterocycles. The van der Waals surface area contributed by atoms with Crippen molar-refractivity contribution >= 4 is 18.5 Å². The highest BCUT2D eigenvalue weighted by molar-refractivity contribution is 6.62. The highest BCUT2D eigenvalue weighted by atomic mass is 16.7. The molecule has 1 amide bonds. The fraction of sp³-hybridized carbons (Fsp3) is 0.667. The molecule has 3 rings (SSSR count). The first-order valence-corrected chi connectivity index (χ1v) is 9.61. The van der Waals surface area contributed by atoms with Crippen LogP contribution in [-0.2, 0) is 19.6 Å². The van der Waals surface area contributed by atoms with Crippen LogP contribution in [0.3, 0.4) is 0 Å². The zero-order valence-corrected chi connectivity index (χ0v) is 17.2. The highest BCUT2D eigenvalue weighted by Crippen LogP contribution is 2.46. The summed E-state index contributed by atoms with van der Waals surface area (Å²) in [5.41, 5.74) is 1.22. The SMILES string of the molecule is CC(C)(C)CC(=O)NC1(c2cccc(B3OC(C)(C)C(C)(C)O3)c2)CC1. The van der Waals surface area contributed by atoms with Gasteiger partial charge in [0.15, 0.2) is 0 Å². The van der Waals surface area contributed by atoms with Crippen molar-refractivity contribution in [2.45, 2.75) is 84.5 Å². The van der Waals surface area contributed by atoms with E-state index in [2.05, 4.69) is 65.9 Å². The Balaban J connectivity index is 1.77. The minimum absolute atomic E-state index is 0.00922. The van der Waals surface area contributed by atoms with Gasteiger partial charge < -0.3 is 14.6 Å². The Morgan fingerprint density at radius 1 is 1.12 bits per heavy atom. The van der Waals surface area contributed by atoms with Crippen LogP contribution in [0.1, 0.15) is 73.3 Å². The van der Waals surface area contributed by atoms with Gasteiger partial charge in [-0.2, -0.15) is 0 Å². The molecular formula is C21H32BNO3. The summed E-state index contributed by atoms with van der Waals surface area (Å²) in [5.74, 6) is 0.121. The number of carbonyl (C=O) groups excluding carboxylic acids is 1. The zero-order valence-electron chi connectivity index (χ0n) is 17.2. The van der Waals surface area contributed by atoms with Gasteiger partial charge in [0, 0.05) is 6.42 Å². The van der Waals surface area contributed by atoms with Crippen LogP contribution in [0.4, 0.5) is 0 Å². The van der Waals surface area contributed by atoms with E-state index in [0.717, 1.165) is 23.9 Å². The van der Waals surface area contributed by atoms with Gasteiger partial charge in [-0.3, -0.25) is 4.79 Å². The smallest absolute Gasteiger partial charge is 0.399 e. The molecule has 1 aromatic rings. The van der Waals surface area contributed by atoms with E-state index in [1.165, 1.54) is 0 Å². The average Bonchev–Trinajstić information content (AvgIpc) is 3.20. The molecule has 1 saturated carbocycles. The van der Waals surface area contributed by atoms with E-state index in [1.807, 2.05) is 12.1 Å².